The van der Waals surface area contributed by atoms with Crippen LogP contribution in [0.25, 0.3) is 110 Å². The van der Waals surface area contributed by atoms with Crippen molar-refractivity contribution >= 4 is 121 Å². The predicted molar refractivity (Wildman–Crippen MR) is 333 cm³/mol. The topological polar surface area (TPSA) is 26.3 Å². The van der Waals surface area contributed by atoms with Crippen molar-refractivity contribution in [2.24, 2.45) is 0 Å². The highest BCUT2D eigenvalue weighted by molar-refractivity contribution is 14.0. The van der Waals surface area contributed by atoms with E-state index in [2.05, 4.69) is 256 Å². The number of rotatable bonds is 6. The third-order valence-electron chi connectivity index (χ3n) is 13.5. The van der Waals surface area contributed by atoms with E-state index in [1.807, 2.05) is 42.5 Å². The highest BCUT2D eigenvalue weighted by Crippen LogP contribution is 2.36. The Morgan fingerprint density at radius 1 is 0.270 bits per heavy atom. The Balaban J connectivity index is 0.000000140. The number of fused-ring (bicyclic) bond motifs is 8. The molecule has 0 saturated heterocycles. The molecular weight excluding hydrogens is 1150 g/mol. The van der Waals surface area contributed by atoms with Crippen LogP contribution in [-0.2, 0) is 6.42 Å². The molecule has 0 fully saturated rings. The first-order valence-corrected chi connectivity index (χ1v) is 26.0. The number of para-hydroxylation sites is 2. The summed E-state index contributed by atoms with van der Waals surface area (Å²) in [6, 6.07) is 94.1. The van der Waals surface area contributed by atoms with Crippen molar-refractivity contribution in [3.8, 4) is 44.5 Å². The lowest BCUT2D eigenvalue weighted by Gasteiger charge is -2.10. The predicted octanol–water partition coefficient (Wildman–Crippen LogP) is 21.8. The molecule has 0 atom stereocenters. The van der Waals surface area contributed by atoms with Crippen LogP contribution in [0.2, 0.25) is 0 Å². The first kappa shape index (κ1) is 48.7. The van der Waals surface area contributed by atoms with Crippen LogP contribution in [0.1, 0.15) is 12.6 Å². The maximum absolute atomic E-state index is 6.11. The van der Waals surface area contributed by atoms with E-state index in [9.17, 15) is 0 Å². The number of hydrogen-bond acceptors (Lipinski definition) is 2. The van der Waals surface area contributed by atoms with E-state index in [1.165, 1.54) is 98.7 Å². The van der Waals surface area contributed by atoms with E-state index in [4.69, 9.17) is 8.83 Å². The number of halogens is 3. The second kappa shape index (κ2) is 21.9. The normalized spacial score (nSPS) is 11.1. The minimum absolute atomic E-state index is 0. The highest BCUT2D eigenvalue weighted by Gasteiger charge is 2.11. The van der Waals surface area contributed by atoms with Crippen LogP contribution in [0.3, 0.4) is 0 Å². The summed E-state index contributed by atoms with van der Waals surface area (Å²) in [5.74, 6) is 0. The van der Waals surface area contributed by atoms with Crippen LogP contribution in [-0.4, -0.2) is 0 Å². The van der Waals surface area contributed by atoms with Crippen LogP contribution < -0.4 is 0 Å². The molecule has 0 spiro atoms. The lowest BCUT2D eigenvalue weighted by Crippen LogP contribution is -1.89. The third-order valence-corrected chi connectivity index (χ3v) is 14.5. The van der Waals surface area contributed by atoms with Gasteiger partial charge in [0.1, 0.15) is 22.3 Å². The van der Waals surface area contributed by atoms with Gasteiger partial charge < -0.3 is 8.83 Å². The molecule has 12 aromatic carbocycles. The molecule has 0 radical (unpaired) electrons. The summed E-state index contributed by atoms with van der Waals surface area (Å²) < 4.78 is 14.0. The molecule has 0 unspecified atom stereocenters. The Morgan fingerprint density at radius 3 is 1.24 bits per heavy atom. The van der Waals surface area contributed by atoms with Gasteiger partial charge in [-0.2, -0.15) is 0 Å². The van der Waals surface area contributed by atoms with Crippen LogP contribution >= 0.6 is 55.8 Å². The fourth-order valence-electron chi connectivity index (χ4n) is 10.0. The van der Waals surface area contributed by atoms with Gasteiger partial charge in [-0.25, -0.2) is 0 Å². The number of hydrogen-bond donors (Lipinski definition) is 0. The van der Waals surface area contributed by atoms with Crippen molar-refractivity contribution in [3.63, 3.8) is 0 Å². The van der Waals surface area contributed by atoms with Gasteiger partial charge in [-0.1, -0.05) is 238 Å². The maximum Gasteiger partial charge on any atom is 0.136 e. The Labute approximate surface area is 465 Å². The zero-order valence-electron chi connectivity index (χ0n) is 40.1. The quantitative estimate of drug-likeness (QED) is 0.155. The molecule has 0 aliphatic rings. The van der Waals surface area contributed by atoms with Gasteiger partial charge in [-0.05, 0) is 144 Å². The average Bonchev–Trinajstić information content (AvgIpc) is 4.01. The summed E-state index contributed by atoms with van der Waals surface area (Å²) in [4.78, 5) is 0. The van der Waals surface area contributed by atoms with Crippen molar-refractivity contribution in [2.75, 3.05) is 0 Å². The summed E-state index contributed by atoms with van der Waals surface area (Å²) in [7, 11) is 0. The van der Waals surface area contributed by atoms with E-state index < -0.39 is 0 Å². The molecule has 5 heteroatoms. The summed E-state index contributed by atoms with van der Waals surface area (Å²) >= 11 is 6.99. The molecule has 2 aromatic heterocycles. The van der Waals surface area contributed by atoms with Crippen LogP contribution in [0.4, 0.5) is 0 Å². The lowest BCUT2D eigenvalue weighted by molar-refractivity contribution is 0.668. The molecule has 14 rings (SSSR count). The molecule has 14 aromatic rings. The lowest BCUT2D eigenvalue weighted by atomic mass is 9.94. The second-order valence-corrected chi connectivity index (χ2v) is 20.1. The van der Waals surface area contributed by atoms with Gasteiger partial charge >= 0.3 is 0 Å². The highest BCUT2D eigenvalue weighted by atomic mass is 127. The van der Waals surface area contributed by atoms with Crippen LogP contribution in [0.5, 0.6) is 0 Å². The van der Waals surface area contributed by atoms with E-state index in [0.29, 0.717) is 0 Å². The molecule has 0 aliphatic carbocycles. The van der Waals surface area contributed by atoms with Crippen molar-refractivity contribution in [1.82, 2.24) is 0 Å². The zero-order chi connectivity index (χ0) is 49.1. The van der Waals surface area contributed by atoms with Crippen molar-refractivity contribution in [1.29, 1.82) is 0 Å². The molecule has 0 N–H and O–H groups in total. The summed E-state index contributed by atoms with van der Waals surface area (Å²) in [6.07, 6.45) is 0.865. The Morgan fingerprint density at radius 2 is 0.662 bits per heavy atom. The largest absolute Gasteiger partial charge is 0.456 e. The standard InChI is InChI=1S/C35H24O.C22H15Br.C12H7BrO.HI.H2/c1-2-14-30-26(9-1)10-7-16-31(30)29-13-6-12-28(23-29)27-11-5-8-24(21-27)20-25-18-19-33-32-15-3-4-17-34(32)36-35(33)22-25;23-20-11-4-9-18(15-20)17-8-3-10-19(14-17)22-13-5-7-16-6-1-2-12-21(16)22;13-8-5-6-10-9-3-1-2-4-11(9)14-12(10)7-8;;/h1-19,21-23H,20H2;1-15H;1-7H;2*1H. The van der Waals surface area contributed by atoms with E-state index in [0.717, 1.165) is 37.7 Å². The Hall–Kier alpha value is -7.55. The number of furan rings is 2. The van der Waals surface area contributed by atoms with Gasteiger partial charge in [0.25, 0.3) is 0 Å². The van der Waals surface area contributed by atoms with Crippen LogP contribution in [0, 0.1) is 0 Å². The number of benzene rings is 12. The molecule has 0 amide bonds. The minimum Gasteiger partial charge on any atom is -0.456 e. The van der Waals surface area contributed by atoms with Gasteiger partial charge in [0, 0.05) is 31.9 Å². The molecule has 2 nitrogen and oxygen atoms in total. The van der Waals surface area contributed by atoms with Crippen molar-refractivity contribution < 1.29 is 10.3 Å². The maximum atomic E-state index is 6.11. The minimum atomic E-state index is 0. The van der Waals surface area contributed by atoms with E-state index in [1.54, 1.807) is 0 Å². The summed E-state index contributed by atoms with van der Waals surface area (Å²) in [5.41, 5.74) is 16.3. The summed E-state index contributed by atoms with van der Waals surface area (Å²) in [5, 5.41) is 9.81. The molecule has 2 heterocycles. The fraction of sp³-hybridized carbons (Fsp3) is 0.0145. The fourth-order valence-corrected chi connectivity index (χ4v) is 10.8. The van der Waals surface area contributed by atoms with Crippen LogP contribution in [0.15, 0.2) is 285 Å². The average molecular weight is 1200 g/mol. The van der Waals surface area contributed by atoms with E-state index in [-0.39, 0.29) is 25.4 Å². The Kier molecular flexibility index (Phi) is 14.4. The van der Waals surface area contributed by atoms with Gasteiger partial charge in [-0.3, -0.25) is 0 Å². The zero-order valence-corrected chi connectivity index (χ0v) is 45.6. The molecule has 0 bridgehead atoms. The van der Waals surface area contributed by atoms with Gasteiger partial charge in [0.05, 0.1) is 0 Å². The van der Waals surface area contributed by atoms with E-state index >= 15 is 0 Å². The summed E-state index contributed by atoms with van der Waals surface area (Å²) in [6.45, 7) is 0. The molecule has 0 aliphatic heterocycles. The molecule has 0 saturated carbocycles. The second-order valence-electron chi connectivity index (χ2n) is 18.3. The SMILES string of the molecule is Brc1ccc2c(c1)oc1ccccc12.Brc1cccc(-c2cccc(-c3cccc4ccccc34)c2)c1.I.[HH].c1cc(Cc2ccc3c(c2)oc2ccccc23)cc(-c2cccc(-c3cccc4ccccc34)c2)c1. The monoisotopic (exact) mass is 1190 g/mol. The first-order chi connectivity index (χ1) is 36.0. The first-order valence-electron chi connectivity index (χ1n) is 24.5. The Bertz CT molecular complexity index is 4300. The van der Waals surface area contributed by atoms with Crippen molar-refractivity contribution in [2.45, 2.75) is 6.42 Å². The molecule has 74 heavy (non-hydrogen) atoms. The van der Waals surface area contributed by atoms with Gasteiger partial charge in [0.15, 0.2) is 0 Å². The van der Waals surface area contributed by atoms with Gasteiger partial charge in [0.2, 0.25) is 0 Å². The van der Waals surface area contributed by atoms with Gasteiger partial charge in [-0.15, -0.1) is 24.0 Å². The molecule has 358 valence electrons. The van der Waals surface area contributed by atoms with Crippen molar-refractivity contribution in [3.05, 3.63) is 287 Å². The smallest absolute Gasteiger partial charge is 0.136 e. The molecular formula is C69H49Br2IO2. The third kappa shape index (κ3) is 10.3.